The van der Waals surface area contributed by atoms with Gasteiger partial charge in [-0.2, -0.15) is 0 Å². The van der Waals surface area contributed by atoms with Crippen LogP contribution in [0.5, 0.6) is 0 Å². The number of ether oxygens (including phenoxy) is 3. The van der Waals surface area contributed by atoms with E-state index in [1.165, 1.54) is 122 Å². The van der Waals surface area contributed by atoms with Crippen LogP contribution >= 0.6 is 0 Å². The Labute approximate surface area is 389 Å². The van der Waals surface area contributed by atoms with Crippen LogP contribution < -0.4 is 0 Å². The first-order chi connectivity index (χ1) is 31.0. The van der Waals surface area contributed by atoms with E-state index in [0.29, 0.717) is 19.3 Å². The molecule has 0 fully saturated rings. The van der Waals surface area contributed by atoms with Crippen molar-refractivity contribution in [3.05, 3.63) is 72.9 Å². The van der Waals surface area contributed by atoms with Crippen LogP contribution in [0.1, 0.15) is 252 Å². The summed E-state index contributed by atoms with van der Waals surface area (Å²) in [7, 11) is 0. The van der Waals surface area contributed by atoms with Crippen molar-refractivity contribution in [2.75, 3.05) is 13.2 Å². The molecule has 0 amide bonds. The average Bonchev–Trinajstić information content (AvgIpc) is 3.28. The minimum Gasteiger partial charge on any atom is -0.462 e. The van der Waals surface area contributed by atoms with Gasteiger partial charge in [0.2, 0.25) is 0 Å². The summed E-state index contributed by atoms with van der Waals surface area (Å²) in [5, 5.41) is 0. The maximum Gasteiger partial charge on any atom is 0.306 e. The molecular weight excluding hydrogens is 781 g/mol. The summed E-state index contributed by atoms with van der Waals surface area (Å²) < 4.78 is 16.7. The van der Waals surface area contributed by atoms with Gasteiger partial charge in [0.25, 0.3) is 0 Å². The first-order valence-electron chi connectivity index (χ1n) is 26.4. The van der Waals surface area contributed by atoms with Crippen LogP contribution in [0.3, 0.4) is 0 Å². The Morgan fingerprint density at radius 3 is 1.05 bits per heavy atom. The molecule has 0 spiro atoms. The van der Waals surface area contributed by atoms with Gasteiger partial charge in [0.1, 0.15) is 13.2 Å². The average molecular weight is 879 g/mol. The van der Waals surface area contributed by atoms with Crippen molar-refractivity contribution in [2.24, 2.45) is 0 Å². The zero-order valence-electron chi connectivity index (χ0n) is 41.3. The predicted molar refractivity (Wildman–Crippen MR) is 270 cm³/mol. The van der Waals surface area contributed by atoms with Gasteiger partial charge in [-0.05, 0) is 103 Å². The van der Waals surface area contributed by atoms with E-state index in [9.17, 15) is 14.4 Å². The van der Waals surface area contributed by atoms with E-state index in [1.54, 1.807) is 0 Å². The first-order valence-corrected chi connectivity index (χ1v) is 26.4. The molecule has 0 saturated carbocycles. The summed E-state index contributed by atoms with van der Waals surface area (Å²) in [6.07, 6.45) is 64.6. The van der Waals surface area contributed by atoms with E-state index in [4.69, 9.17) is 14.2 Å². The second-order valence-corrected chi connectivity index (χ2v) is 17.4. The number of carbonyl (C=O) groups excluding carboxylic acids is 3. The molecule has 1 atom stereocenters. The second-order valence-electron chi connectivity index (χ2n) is 17.4. The summed E-state index contributed by atoms with van der Waals surface area (Å²) in [5.41, 5.74) is 0. The van der Waals surface area contributed by atoms with Crippen molar-refractivity contribution in [1.82, 2.24) is 0 Å². The number of hydrogen-bond donors (Lipinski definition) is 0. The van der Waals surface area contributed by atoms with Gasteiger partial charge >= 0.3 is 17.9 Å². The molecule has 0 aromatic heterocycles. The molecule has 0 saturated heterocycles. The quantitative estimate of drug-likeness (QED) is 0.0262. The largest absolute Gasteiger partial charge is 0.462 e. The van der Waals surface area contributed by atoms with E-state index < -0.39 is 6.10 Å². The highest BCUT2D eigenvalue weighted by Gasteiger charge is 2.19. The summed E-state index contributed by atoms with van der Waals surface area (Å²) >= 11 is 0. The third-order valence-corrected chi connectivity index (χ3v) is 11.2. The van der Waals surface area contributed by atoms with Gasteiger partial charge in [0, 0.05) is 19.3 Å². The zero-order valence-corrected chi connectivity index (χ0v) is 41.3. The van der Waals surface area contributed by atoms with Crippen LogP contribution in [-0.4, -0.2) is 37.2 Å². The van der Waals surface area contributed by atoms with Gasteiger partial charge in [0.15, 0.2) is 6.10 Å². The normalized spacial score (nSPS) is 12.6. The smallest absolute Gasteiger partial charge is 0.306 e. The minimum absolute atomic E-state index is 0.0989. The fraction of sp³-hybridized carbons (Fsp3) is 0.737. The number of rotatable bonds is 47. The topological polar surface area (TPSA) is 78.9 Å². The molecule has 63 heavy (non-hydrogen) atoms. The Kier molecular flexibility index (Phi) is 48.9. The summed E-state index contributed by atoms with van der Waals surface area (Å²) in [6, 6.07) is 0. The van der Waals surface area contributed by atoms with Crippen molar-refractivity contribution >= 4 is 17.9 Å². The van der Waals surface area contributed by atoms with Crippen LogP contribution in [0.4, 0.5) is 0 Å². The fourth-order valence-corrected chi connectivity index (χ4v) is 7.12. The lowest BCUT2D eigenvalue weighted by atomic mass is 10.1. The highest BCUT2D eigenvalue weighted by atomic mass is 16.6. The molecule has 0 N–H and O–H groups in total. The van der Waals surface area contributed by atoms with Crippen molar-refractivity contribution in [2.45, 2.75) is 258 Å². The molecule has 6 nitrogen and oxygen atoms in total. The van der Waals surface area contributed by atoms with Crippen LogP contribution in [0.25, 0.3) is 0 Å². The fourth-order valence-electron chi connectivity index (χ4n) is 7.12. The third kappa shape index (κ3) is 49.7. The lowest BCUT2D eigenvalue weighted by molar-refractivity contribution is -0.167. The lowest BCUT2D eigenvalue weighted by Crippen LogP contribution is -2.30. The molecule has 0 bridgehead atoms. The van der Waals surface area contributed by atoms with Gasteiger partial charge in [-0.3, -0.25) is 14.4 Å². The molecule has 0 unspecified atom stereocenters. The second kappa shape index (κ2) is 51.5. The molecule has 6 heteroatoms. The third-order valence-electron chi connectivity index (χ3n) is 11.2. The van der Waals surface area contributed by atoms with Gasteiger partial charge < -0.3 is 14.2 Å². The summed E-state index contributed by atoms with van der Waals surface area (Å²) in [6.45, 7) is 6.51. The van der Waals surface area contributed by atoms with Crippen molar-refractivity contribution in [3.63, 3.8) is 0 Å². The van der Waals surface area contributed by atoms with Gasteiger partial charge in [-0.25, -0.2) is 0 Å². The standard InChI is InChI=1S/C57H98O6/c1-4-7-10-13-16-19-22-24-26-28-30-32-35-38-41-44-47-50-56(59)62-53-54(52-61-55(58)49-46-43-40-37-34-21-18-15-12-9-6-3)63-57(60)51-48-45-42-39-36-33-31-29-27-25-23-20-17-14-11-8-5-2/h15,17-18,20,24-27,30,32,38,41,54H,4-14,16,19,21-23,28-29,31,33-37,39-40,42-53H2,1-3H3/b18-15-,20-17-,26-24-,27-25-,32-30-,41-38-/t54-/m0/s1. The number of carbonyl (C=O) groups is 3. The Balaban J connectivity index is 4.46. The maximum atomic E-state index is 12.8. The number of hydrogen-bond acceptors (Lipinski definition) is 6. The number of esters is 3. The molecule has 0 radical (unpaired) electrons. The number of allylic oxidation sites excluding steroid dienone is 12. The first kappa shape index (κ1) is 59.9. The van der Waals surface area contributed by atoms with E-state index >= 15 is 0 Å². The maximum absolute atomic E-state index is 12.8. The van der Waals surface area contributed by atoms with Crippen LogP contribution in [0, 0.1) is 0 Å². The van der Waals surface area contributed by atoms with Gasteiger partial charge in [-0.1, -0.05) is 203 Å². The van der Waals surface area contributed by atoms with Crippen molar-refractivity contribution < 1.29 is 28.6 Å². The molecule has 0 heterocycles. The van der Waals surface area contributed by atoms with Crippen molar-refractivity contribution in [1.29, 1.82) is 0 Å². The SMILES string of the molecule is CCCC/C=C\CCCCCCCC(=O)OC[C@@H](COC(=O)CCC/C=C\C/C=C\C/C=C\CCCCCCCC)OC(=O)CCCCCCCCC/C=C\C/C=C\CCCCC. The molecule has 0 aliphatic heterocycles. The van der Waals surface area contributed by atoms with Gasteiger partial charge in [-0.15, -0.1) is 0 Å². The highest BCUT2D eigenvalue weighted by molar-refractivity contribution is 5.71. The van der Waals surface area contributed by atoms with Crippen LogP contribution in [0.2, 0.25) is 0 Å². The Morgan fingerprint density at radius 1 is 0.317 bits per heavy atom. The Hall–Kier alpha value is -3.15. The van der Waals surface area contributed by atoms with E-state index in [2.05, 4.69) is 93.7 Å². The Bertz CT molecular complexity index is 1190. The van der Waals surface area contributed by atoms with E-state index in [1.807, 2.05) is 0 Å². The molecule has 0 aliphatic rings. The van der Waals surface area contributed by atoms with Gasteiger partial charge in [0.05, 0.1) is 0 Å². The summed E-state index contributed by atoms with van der Waals surface area (Å²) in [5.74, 6) is -0.969. The molecule has 362 valence electrons. The summed E-state index contributed by atoms with van der Waals surface area (Å²) in [4.78, 5) is 37.9. The van der Waals surface area contributed by atoms with E-state index in [-0.39, 0.29) is 37.5 Å². The van der Waals surface area contributed by atoms with E-state index in [0.717, 1.165) is 83.5 Å². The lowest BCUT2D eigenvalue weighted by Gasteiger charge is -2.18. The molecule has 0 aromatic carbocycles. The molecule has 0 aromatic rings. The van der Waals surface area contributed by atoms with Crippen LogP contribution in [0.15, 0.2) is 72.9 Å². The minimum atomic E-state index is -0.802. The van der Waals surface area contributed by atoms with Crippen LogP contribution in [-0.2, 0) is 28.6 Å². The highest BCUT2D eigenvalue weighted by Crippen LogP contribution is 2.14. The molecule has 0 aliphatic carbocycles. The van der Waals surface area contributed by atoms with Crippen molar-refractivity contribution in [3.8, 4) is 0 Å². The molecule has 0 rings (SSSR count). The Morgan fingerprint density at radius 2 is 0.603 bits per heavy atom. The zero-order chi connectivity index (χ0) is 45.8. The number of unbranched alkanes of at least 4 members (excludes halogenated alkanes) is 24. The predicted octanol–water partition coefficient (Wildman–Crippen LogP) is 17.4. The molecular formula is C57H98O6. The monoisotopic (exact) mass is 879 g/mol.